The van der Waals surface area contributed by atoms with Crippen molar-refractivity contribution < 1.29 is 9.90 Å². The van der Waals surface area contributed by atoms with Crippen LogP contribution >= 0.6 is 0 Å². The Morgan fingerprint density at radius 3 is 2.65 bits per heavy atom. The largest absolute Gasteiger partial charge is 0.480 e. The fourth-order valence-corrected chi connectivity index (χ4v) is 1.53. The van der Waals surface area contributed by atoms with Gasteiger partial charge < -0.3 is 15.3 Å². The van der Waals surface area contributed by atoms with E-state index in [0.29, 0.717) is 6.54 Å². The summed E-state index contributed by atoms with van der Waals surface area (Å²) < 4.78 is 0. The first-order valence-electron chi connectivity index (χ1n) is 5.83. The third-order valence-electron chi connectivity index (χ3n) is 2.69. The highest BCUT2D eigenvalue weighted by Crippen LogP contribution is 2.10. The van der Waals surface area contributed by atoms with Crippen molar-refractivity contribution in [3.8, 4) is 0 Å². The van der Waals surface area contributed by atoms with Crippen molar-refractivity contribution in [3.63, 3.8) is 0 Å². The smallest absolute Gasteiger partial charge is 0.320 e. The maximum atomic E-state index is 10.6. The standard InChI is InChI=1S/C13H20N2O2/c1-11(13(16)17)14-9-6-10-15(2)12-7-4-3-5-8-12/h3-5,7-8,11,14H,6,9-10H2,1-2H3,(H,16,17). The van der Waals surface area contributed by atoms with Gasteiger partial charge in [0.15, 0.2) is 0 Å². The molecule has 2 N–H and O–H groups in total. The van der Waals surface area contributed by atoms with Crippen molar-refractivity contribution in [2.75, 3.05) is 25.0 Å². The molecule has 0 spiro atoms. The summed E-state index contributed by atoms with van der Waals surface area (Å²) in [6.07, 6.45) is 0.920. The van der Waals surface area contributed by atoms with Gasteiger partial charge in [0.2, 0.25) is 0 Å². The summed E-state index contributed by atoms with van der Waals surface area (Å²) in [7, 11) is 2.04. The van der Waals surface area contributed by atoms with E-state index >= 15 is 0 Å². The molecule has 0 amide bonds. The van der Waals surface area contributed by atoms with Gasteiger partial charge in [0.1, 0.15) is 6.04 Å². The molecule has 1 rings (SSSR count). The Balaban J connectivity index is 2.21. The first kappa shape index (κ1) is 13.5. The third-order valence-corrected chi connectivity index (χ3v) is 2.69. The quantitative estimate of drug-likeness (QED) is 0.706. The number of nitrogens with zero attached hydrogens (tertiary/aromatic N) is 1. The van der Waals surface area contributed by atoms with Gasteiger partial charge in [-0.05, 0) is 32.0 Å². The molecule has 0 aliphatic carbocycles. The molecule has 0 saturated carbocycles. The molecule has 94 valence electrons. The molecule has 0 heterocycles. The lowest BCUT2D eigenvalue weighted by atomic mass is 10.2. The van der Waals surface area contributed by atoms with E-state index in [0.717, 1.165) is 13.0 Å². The van der Waals surface area contributed by atoms with Gasteiger partial charge in [0.25, 0.3) is 0 Å². The number of hydrogen-bond acceptors (Lipinski definition) is 3. The lowest BCUT2D eigenvalue weighted by molar-refractivity contribution is -0.138. The van der Waals surface area contributed by atoms with Crippen LogP contribution < -0.4 is 10.2 Å². The van der Waals surface area contributed by atoms with Crippen molar-refractivity contribution >= 4 is 11.7 Å². The number of rotatable bonds is 7. The molecule has 1 atom stereocenters. The summed E-state index contributed by atoms with van der Waals surface area (Å²) in [6, 6.07) is 9.67. The molecule has 0 aromatic heterocycles. The molecule has 0 saturated heterocycles. The van der Waals surface area contributed by atoms with Crippen LogP contribution in [0.2, 0.25) is 0 Å². The number of carbonyl (C=O) groups is 1. The van der Waals surface area contributed by atoms with Crippen molar-refractivity contribution in [3.05, 3.63) is 30.3 Å². The van der Waals surface area contributed by atoms with Crippen LogP contribution in [0.3, 0.4) is 0 Å². The molecule has 0 fully saturated rings. The Bertz CT molecular complexity index is 341. The number of hydrogen-bond donors (Lipinski definition) is 2. The molecule has 0 bridgehead atoms. The predicted octanol–water partition coefficient (Wildman–Crippen LogP) is 1.58. The number of anilines is 1. The molecule has 17 heavy (non-hydrogen) atoms. The molecule has 1 aromatic carbocycles. The molecule has 4 nitrogen and oxygen atoms in total. The number of aliphatic carboxylic acids is 1. The zero-order valence-corrected chi connectivity index (χ0v) is 10.4. The van der Waals surface area contributed by atoms with E-state index in [-0.39, 0.29) is 0 Å². The SMILES string of the molecule is CC(NCCCN(C)c1ccccc1)C(=O)O. The Labute approximate surface area is 102 Å². The number of para-hydroxylation sites is 1. The third kappa shape index (κ3) is 4.87. The number of carboxylic acid groups (broad SMARTS) is 1. The van der Waals surface area contributed by atoms with Crippen LogP contribution in [0.4, 0.5) is 5.69 Å². The van der Waals surface area contributed by atoms with Gasteiger partial charge in [0, 0.05) is 19.3 Å². The summed E-state index contributed by atoms with van der Waals surface area (Å²) in [5, 5.41) is 11.7. The van der Waals surface area contributed by atoms with Crippen LogP contribution in [-0.2, 0) is 4.79 Å². The number of carboxylic acids is 1. The zero-order valence-electron chi connectivity index (χ0n) is 10.4. The highest BCUT2D eigenvalue weighted by Gasteiger charge is 2.08. The van der Waals surface area contributed by atoms with Crippen molar-refractivity contribution in [2.45, 2.75) is 19.4 Å². The second-order valence-electron chi connectivity index (χ2n) is 4.12. The minimum atomic E-state index is -0.804. The molecule has 1 aromatic rings. The van der Waals surface area contributed by atoms with Gasteiger partial charge in [-0.1, -0.05) is 18.2 Å². The summed E-state index contributed by atoms with van der Waals surface area (Å²) in [5.41, 5.74) is 1.18. The fourth-order valence-electron chi connectivity index (χ4n) is 1.53. The second kappa shape index (κ2) is 6.91. The fraction of sp³-hybridized carbons (Fsp3) is 0.462. The summed E-state index contributed by atoms with van der Waals surface area (Å²) in [4.78, 5) is 12.7. The molecule has 1 unspecified atom stereocenters. The normalized spacial score (nSPS) is 12.1. The van der Waals surface area contributed by atoms with Gasteiger partial charge >= 0.3 is 5.97 Å². The van der Waals surface area contributed by atoms with Crippen LogP contribution in [0.25, 0.3) is 0 Å². The van der Waals surface area contributed by atoms with E-state index in [1.807, 2.05) is 25.2 Å². The predicted molar refractivity (Wildman–Crippen MR) is 69.4 cm³/mol. The van der Waals surface area contributed by atoms with Crippen LogP contribution in [0.15, 0.2) is 30.3 Å². The summed E-state index contributed by atoms with van der Waals surface area (Å²) in [5.74, 6) is -0.804. The molecule has 4 heteroatoms. The Hall–Kier alpha value is -1.55. The summed E-state index contributed by atoms with van der Waals surface area (Å²) in [6.45, 7) is 3.28. The van der Waals surface area contributed by atoms with Crippen LogP contribution in [-0.4, -0.2) is 37.3 Å². The average molecular weight is 236 g/mol. The van der Waals surface area contributed by atoms with Gasteiger partial charge in [-0.15, -0.1) is 0 Å². The molecule has 0 aliphatic heterocycles. The molecule has 0 aliphatic rings. The zero-order chi connectivity index (χ0) is 12.7. The summed E-state index contributed by atoms with van der Waals surface area (Å²) >= 11 is 0. The first-order chi connectivity index (χ1) is 8.11. The van der Waals surface area contributed by atoms with Gasteiger partial charge in [-0.3, -0.25) is 4.79 Å². The number of nitrogens with one attached hydrogen (secondary N) is 1. The Kier molecular flexibility index (Phi) is 5.49. The number of benzene rings is 1. The van der Waals surface area contributed by atoms with E-state index in [1.54, 1.807) is 6.92 Å². The molecule has 0 radical (unpaired) electrons. The Morgan fingerprint density at radius 1 is 1.41 bits per heavy atom. The van der Waals surface area contributed by atoms with E-state index in [4.69, 9.17) is 5.11 Å². The highest BCUT2D eigenvalue weighted by molar-refractivity contribution is 5.72. The van der Waals surface area contributed by atoms with Crippen molar-refractivity contribution in [1.29, 1.82) is 0 Å². The highest BCUT2D eigenvalue weighted by atomic mass is 16.4. The van der Waals surface area contributed by atoms with E-state index in [9.17, 15) is 4.79 Å². The van der Waals surface area contributed by atoms with Gasteiger partial charge in [-0.25, -0.2) is 0 Å². The average Bonchev–Trinajstić information content (AvgIpc) is 2.35. The minimum absolute atomic E-state index is 0.475. The van der Waals surface area contributed by atoms with Crippen molar-refractivity contribution in [1.82, 2.24) is 5.32 Å². The van der Waals surface area contributed by atoms with Crippen LogP contribution in [0.5, 0.6) is 0 Å². The van der Waals surface area contributed by atoms with Crippen molar-refractivity contribution in [2.24, 2.45) is 0 Å². The lowest BCUT2D eigenvalue weighted by Gasteiger charge is -2.19. The van der Waals surface area contributed by atoms with E-state index in [1.165, 1.54) is 5.69 Å². The second-order valence-corrected chi connectivity index (χ2v) is 4.12. The molecular weight excluding hydrogens is 216 g/mol. The van der Waals surface area contributed by atoms with Crippen LogP contribution in [0.1, 0.15) is 13.3 Å². The Morgan fingerprint density at radius 2 is 2.06 bits per heavy atom. The monoisotopic (exact) mass is 236 g/mol. The van der Waals surface area contributed by atoms with E-state index < -0.39 is 12.0 Å². The minimum Gasteiger partial charge on any atom is -0.480 e. The van der Waals surface area contributed by atoms with Crippen LogP contribution in [0, 0.1) is 0 Å². The topological polar surface area (TPSA) is 52.6 Å². The maximum absolute atomic E-state index is 10.6. The van der Waals surface area contributed by atoms with Gasteiger partial charge in [-0.2, -0.15) is 0 Å². The molecular formula is C13H20N2O2. The van der Waals surface area contributed by atoms with Gasteiger partial charge in [0.05, 0.1) is 0 Å². The maximum Gasteiger partial charge on any atom is 0.320 e. The van der Waals surface area contributed by atoms with E-state index in [2.05, 4.69) is 22.3 Å². The first-order valence-corrected chi connectivity index (χ1v) is 5.83. The lowest BCUT2D eigenvalue weighted by Crippen LogP contribution is -2.35.